The molecular weight excluding hydrogens is 316 g/mol. The fraction of sp³-hybridized carbons (Fsp3) is 0.588. The van der Waals surface area contributed by atoms with Crippen LogP contribution in [0.3, 0.4) is 0 Å². The average Bonchev–Trinajstić information content (AvgIpc) is 2.58. The van der Waals surface area contributed by atoms with Crippen molar-refractivity contribution in [1.29, 1.82) is 0 Å². The molecule has 1 aliphatic carbocycles. The van der Waals surface area contributed by atoms with E-state index < -0.39 is 0 Å². The molecule has 0 radical (unpaired) electrons. The lowest BCUT2D eigenvalue weighted by Gasteiger charge is -2.35. The molecule has 1 aliphatic heterocycles. The van der Waals surface area contributed by atoms with E-state index in [1.54, 1.807) is 0 Å². The van der Waals surface area contributed by atoms with Crippen LogP contribution in [0.4, 0.5) is 4.79 Å². The normalized spacial score (nSPS) is 28.4. The van der Waals surface area contributed by atoms with Gasteiger partial charge in [-0.25, -0.2) is 4.79 Å². The van der Waals surface area contributed by atoms with Crippen molar-refractivity contribution in [3.63, 3.8) is 0 Å². The van der Waals surface area contributed by atoms with Crippen molar-refractivity contribution < 1.29 is 14.6 Å². The van der Waals surface area contributed by atoms with Crippen LogP contribution in [-0.4, -0.2) is 47.9 Å². The average molecular weight is 339 g/mol. The van der Waals surface area contributed by atoms with Crippen LogP contribution >= 0.6 is 11.6 Å². The number of ether oxygens (including phenoxy) is 1. The zero-order chi connectivity index (χ0) is 16.2. The van der Waals surface area contributed by atoms with Crippen LogP contribution in [-0.2, 0) is 4.74 Å². The summed E-state index contributed by atoms with van der Waals surface area (Å²) in [6.07, 6.45) is 2.90. The Hall–Kier alpha value is -1.30. The summed E-state index contributed by atoms with van der Waals surface area (Å²) in [4.78, 5) is 14.3. The number of benzene rings is 1. The smallest absolute Gasteiger partial charge is 0.317 e. The Labute approximate surface area is 141 Å². The van der Waals surface area contributed by atoms with E-state index in [1.807, 2.05) is 29.2 Å². The lowest BCUT2D eigenvalue weighted by atomic mass is 9.93. The number of urea groups is 1. The first-order chi connectivity index (χ1) is 11.1. The maximum atomic E-state index is 12.5. The van der Waals surface area contributed by atoms with Crippen LogP contribution in [0.1, 0.15) is 37.4 Å². The molecular formula is C17H23ClN2O3. The van der Waals surface area contributed by atoms with Crippen LogP contribution in [0, 0.1) is 0 Å². The van der Waals surface area contributed by atoms with Gasteiger partial charge in [0.15, 0.2) is 0 Å². The summed E-state index contributed by atoms with van der Waals surface area (Å²) in [5, 5.41) is 13.3. The molecule has 0 spiro atoms. The molecule has 3 rings (SSSR count). The SMILES string of the molecule is O=C(NC1CCC(O)CC1)N1CCOC(c2ccc(Cl)cc2)C1. The minimum atomic E-state index is -0.208. The summed E-state index contributed by atoms with van der Waals surface area (Å²) in [6, 6.07) is 7.70. The molecule has 2 N–H and O–H groups in total. The van der Waals surface area contributed by atoms with Crippen molar-refractivity contribution in [1.82, 2.24) is 10.2 Å². The highest BCUT2D eigenvalue weighted by molar-refractivity contribution is 6.30. The minimum Gasteiger partial charge on any atom is -0.393 e. The first-order valence-corrected chi connectivity index (χ1v) is 8.60. The molecule has 1 heterocycles. The Bertz CT molecular complexity index is 529. The second-order valence-electron chi connectivity index (χ2n) is 6.31. The maximum Gasteiger partial charge on any atom is 0.317 e. The Morgan fingerprint density at radius 3 is 2.61 bits per heavy atom. The van der Waals surface area contributed by atoms with Gasteiger partial charge in [-0.2, -0.15) is 0 Å². The topological polar surface area (TPSA) is 61.8 Å². The largest absolute Gasteiger partial charge is 0.393 e. The van der Waals surface area contributed by atoms with Crippen LogP contribution in [0.25, 0.3) is 0 Å². The molecule has 1 saturated carbocycles. The highest BCUT2D eigenvalue weighted by Crippen LogP contribution is 2.24. The fourth-order valence-corrected chi connectivity index (χ4v) is 3.32. The molecule has 2 fully saturated rings. The van der Waals surface area contributed by atoms with Gasteiger partial charge in [-0.05, 0) is 43.4 Å². The second-order valence-corrected chi connectivity index (χ2v) is 6.75. The van der Waals surface area contributed by atoms with Gasteiger partial charge in [0.1, 0.15) is 6.10 Å². The number of carbonyl (C=O) groups is 1. The molecule has 1 saturated heterocycles. The van der Waals surface area contributed by atoms with Crippen LogP contribution in [0.15, 0.2) is 24.3 Å². The van der Waals surface area contributed by atoms with E-state index >= 15 is 0 Å². The molecule has 23 heavy (non-hydrogen) atoms. The van der Waals surface area contributed by atoms with Gasteiger partial charge in [-0.3, -0.25) is 0 Å². The zero-order valence-corrected chi connectivity index (χ0v) is 13.8. The van der Waals surface area contributed by atoms with Crippen molar-refractivity contribution in [3.8, 4) is 0 Å². The van der Waals surface area contributed by atoms with Gasteiger partial charge in [-0.15, -0.1) is 0 Å². The van der Waals surface area contributed by atoms with Crippen molar-refractivity contribution >= 4 is 17.6 Å². The van der Waals surface area contributed by atoms with E-state index in [0.717, 1.165) is 31.2 Å². The van der Waals surface area contributed by atoms with Crippen molar-refractivity contribution in [2.45, 2.75) is 43.9 Å². The third kappa shape index (κ3) is 4.37. The minimum absolute atomic E-state index is 0.0337. The van der Waals surface area contributed by atoms with Gasteiger partial charge < -0.3 is 20.1 Å². The fourth-order valence-electron chi connectivity index (χ4n) is 3.20. The monoisotopic (exact) mass is 338 g/mol. The number of hydrogen-bond donors (Lipinski definition) is 2. The van der Waals surface area contributed by atoms with Crippen LogP contribution in [0.5, 0.6) is 0 Å². The molecule has 6 heteroatoms. The number of amides is 2. The molecule has 0 bridgehead atoms. The third-order valence-corrected chi connectivity index (χ3v) is 4.87. The standard InChI is InChI=1S/C17H23ClN2O3/c18-13-3-1-12(2-4-13)16-11-20(9-10-23-16)17(22)19-14-5-7-15(21)8-6-14/h1-4,14-16,21H,5-11H2,(H,19,22). The summed E-state index contributed by atoms with van der Waals surface area (Å²) in [5.74, 6) is 0. The van der Waals surface area contributed by atoms with Gasteiger partial charge in [0.25, 0.3) is 0 Å². The number of halogens is 1. The molecule has 5 nitrogen and oxygen atoms in total. The summed E-state index contributed by atoms with van der Waals surface area (Å²) >= 11 is 5.92. The number of morpholine rings is 1. The van der Waals surface area contributed by atoms with Crippen LogP contribution in [0.2, 0.25) is 5.02 Å². The molecule has 1 aromatic carbocycles. The number of aliphatic hydroxyl groups is 1. The second kappa shape index (κ2) is 7.51. The highest BCUT2D eigenvalue weighted by atomic mass is 35.5. The summed E-state index contributed by atoms with van der Waals surface area (Å²) in [7, 11) is 0. The van der Waals surface area contributed by atoms with Crippen molar-refractivity contribution in [3.05, 3.63) is 34.9 Å². The first-order valence-electron chi connectivity index (χ1n) is 8.22. The zero-order valence-electron chi connectivity index (χ0n) is 13.1. The quantitative estimate of drug-likeness (QED) is 0.871. The number of carbonyl (C=O) groups excluding carboxylic acids is 1. The van der Waals surface area contributed by atoms with Gasteiger partial charge in [-0.1, -0.05) is 23.7 Å². The molecule has 2 aliphatic rings. The lowest BCUT2D eigenvalue weighted by Crippen LogP contribution is -2.50. The molecule has 1 atom stereocenters. The Morgan fingerprint density at radius 2 is 1.91 bits per heavy atom. The number of rotatable bonds is 2. The van der Waals surface area contributed by atoms with E-state index in [9.17, 15) is 9.90 Å². The highest BCUT2D eigenvalue weighted by Gasteiger charge is 2.28. The van der Waals surface area contributed by atoms with Gasteiger partial charge in [0.2, 0.25) is 0 Å². The Balaban J connectivity index is 1.55. The predicted molar refractivity (Wildman–Crippen MR) is 88.5 cm³/mol. The van der Waals surface area contributed by atoms with Crippen molar-refractivity contribution in [2.24, 2.45) is 0 Å². The van der Waals surface area contributed by atoms with E-state index in [4.69, 9.17) is 16.3 Å². The molecule has 1 unspecified atom stereocenters. The lowest BCUT2D eigenvalue weighted by molar-refractivity contribution is -0.0161. The van der Waals surface area contributed by atoms with E-state index in [-0.39, 0.29) is 24.3 Å². The van der Waals surface area contributed by atoms with E-state index in [0.29, 0.717) is 24.7 Å². The number of nitrogens with one attached hydrogen (secondary N) is 1. The maximum absolute atomic E-state index is 12.5. The Kier molecular flexibility index (Phi) is 5.41. The number of hydrogen-bond acceptors (Lipinski definition) is 3. The van der Waals surface area contributed by atoms with Crippen LogP contribution < -0.4 is 5.32 Å². The Morgan fingerprint density at radius 1 is 1.22 bits per heavy atom. The summed E-state index contributed by atoms with van der Waals surface area (Å²) in [6.45, 7) is 1.68. The third-order valence-electron chi connectivity index (χ3n) is 4.62. The van der Waals surface area contributed by atoms with E-state index in [1.165, 1.54) is 0 Å². The summed E-state index contributed by atoms with van der Waals surface area (Å²) in [5.41, 5.74) is 1.03. The van der Waals surface area contributed by atoms with Crippen molar-refractivity contribution in [2.75, 3.05) is 19.7 Å². The van der Waals surface area contributed by atoms with Gasteiger partial charge in [0.05, 0.1) is 19.3 Å². The first kappa shape index (κ1) is 16.6. The molecule has 126 valence electrons. The summed E-state index contributed by atoms with van der Waals surface area (Å²) < 4.78 is 5.79. The number of aliphatic hydroxyl groups excluding tert-OH is 1. The van der Waals surface area contributed by atoms with Gasteiger partial charge in [0, 0.05) is 17.6 Å². The van der Waals surface area contributed by atoms with Gasteiger partial charge >= 0.3 is 6.03 Å². The number of nitrogens with zero attached hydrogens (tertiary/aromatic N) is 1. The molecule has 1 aromatic rings. The predicted octanol–water partition coefficient (Wildman–Crippen LogP) is 2.73. The molecule has 2 amide bonds. The molecule has 0 aromatic heterocycles. The van der Waals surface area contributed by atoms with E-state index in [2.05, 4.69) is 5.32 Å².